The lowest BCUT2D eigenvalue weighted by Gasteiger charge is -2.33. The van der Waals surface area contributed by atoms with Crippen LogP contribution in [0.2, 0.25) is 5.02 Å². The maximum Gasteiger partial charge on any atom is 0.410 e. The lowest BCUT2D eigenvalue weighted by Crippen LogP contribution is -2.43. The molecule has 1 aromatic rings. The molecule has 0 atom stereocenters. The molecule has 0 spiro atoms. The van der Waals surface area contributed by atoms with Crippen LogP contribution in [0.4, 0.5) is 10.5 Å². The summed E-state index contributed by atoms with van der Waals surface area (Å²) in [5.41, 5.74) is 5.96. The second kappa shape index (κ2) is 8.69. The zero-order valence-corrected chi connectivity index (χ0v) is 17.1. The molecule has 0 saturated carbocycles. The van der Waals surface area contributed by atoms with E-state index in [-0.39, 0.29) is 12.0 Å². The first kappa shape index (κ1) is 21.2. The number of methoxy groups -OCH3 is 1. The van der Waals surface area contributed by atoms with Crippen molar-refractivity contribution in [3.05, 3.63) is 22.7 Å². The molecule has 0 radical (unpaired) electrons. The number of halogens is 1. The summed E-state index contributed by atoms with van der Waals surface area (Å²) in [6.45, 7) is 7.31. The van der Waals surface area contributed by atoms with E-state index in [0.717, 1.165) is 12.8 Å². The van der Waals surface area contributed by atoms with Crippen molar-refractivity contribution in [1.82, 2.24) is 10.2 Å². The van der Waals surface area contributed by atoms with E-state index >= 15 is 0 Å². The highest BCUT2D eigenvalue weighted by atomic mass is 35.5. The Kier molecular flexibility index (Phi) is 6.81. The van der Waals surface area contributed by atoms with Crippen LogP contribution in [-0.4, -0.2) is 49.2 Å². The van der Waals surface area contributed by atoms with Gasteiger partial charge in [-0.3, -0.25) is 4.79 Å². The maximum atomic E-state index is 12.5. The van der Waals surface area contributed by atoms with Crippen molar-refractivity contribution < 1.29 is 19.1 Å². The van der Waals surface area contributed by atoms with E-state index in [9.17, 15) is 9.59 Å². The quantitative estimate of drug-likeness (QED) is 0.760. The van der Waals surface area contributed by atoms with E-state index in [0.29, 0.717) is 47.6 Å². The standard InChI is InChI=1S/C19H28ClN3O4/c1-19(2,3)27-18(25)23-7-5-12(6-8-23)11-22-17(24)13-9-14(20)15(21)10-16(13)26-4/h9-10,12H,5-8,11,21H2,1-4H3,(H,22,24). The van der Waals surface area contributed by atoms with Crippen LogP contribution < -0.4 is 15.8 Å². The van der Waals surface area contributed by atoms with Crippen LogP contribution in [0.3, 0.4) is 0 Å². The Morgan fingerprint density at radius 2 is 1.93 bits per heavy atom. The molecule has 3 N–H and O–H groups in total. The van der Waals surface area contributed by atoms with Gasteiger partial charge in [0.1, 0.15) is 11.4 Å². The molecule has 1 aliphatic rings. The van der Waals surface area contributed by atoms with Gasteiger partial charge in [-0.2, -0.15) is 0 Å². The highest BCUT2D eigenvalue weighted by Gasteiger charge is 2.27. The van der Waals surface area contributed by atoms with Crippen LogP contribution in [0.1, 0.15) is 44.0 Å². The number of nitrogens with one attached hydrogen (secondary N) is 1. The van der Waals surface area contributed by atoms with E-state index in [1.54, 1.807) is 4.90 Å². The fourth-order valence-corrected chi connectivity index (χ4v) is 3.06. The number of rotatable bonds is 4. The Hall–Kier alpha value is -2.15. The number of carbonyl (C=O) groups excluding carboxylic acids is 2. The van der Waals surface area contributed by atoms with Gasteiger partial charge in [-0.15, -0.1) is 0 Å². The summed E-state index contributed by atoms with van der Waals surface area (Å²) in [6.07, 6.45) is 1.32. The fraction of sp³-hybridized carbons (Fsp3) is 0.579. The third-order valence-corrected chi connectivity index (χ3v) is 4.71. The predicted molar refractivity (Wildman–Crippen MR) is 105 cm³/mol. The minimum atomic E-state index is -0.499. The number of nitrogens with two attached hydrogens (primary N) is 1. The molecule has 0 bridgehead atoms. The van der Waals surface area contributed by atoms with Crippen molar-refractivity contribution in [3.63, 3.8) is 0 Å². The van der Waals surface area contributed by atoms with Gasteiger partial charge in [0.05, 0.1) is 23.4 Å². The van der Waals surface area contributed by atoms with E-state index < -0.39 is 5.60 Å². The van der Waals surface area contributed by atoms with Gasteiger partial charge in [0, 0.05) is 25.7 Å². The van der Waals surface area contributed by atoms with E-state index in [4.69, 9.17) is 26.8 Å². The molecule has 1 fully saturated rings. The fourth-order valence-electron chi connectivity index (χ4n) is 2.89. The maximum absolute atomic E-state index is 12.5. The summed E-state index contributed by atoms with van der Waals surface area (Å²) < 4.78 is 10.6. The number of likely N-dealkylation sites (tertiary alicyclic amines) is 1. The van der Waals surface area contributed by atoms with Crippen LogP contribution in [0, 0.1) is 5.92 Å². The lowest BCUT2D eigenvalue weighted by molar-refractivity contribution is 0.0183. The number of nitrogen functional groups attached to an aromatic ring is 1. The van der Waals surface area contributed by atoms with Gasteiger partial charge >= 0.3 is 6.09 Å². The summed E-state index contributed by atoms with van der Waals surface area (Å²) in [6, 6.07) is 3.05. The highest BCUT2D eigenvalue weighted by molar-refractivity contribution is 6.33. The Morgan fingerprint density at radius 1 is 1.30 bits per heavy atom. The zero-order chi connectivity index (χ0) is 20.2. The van der Waals surface area contributed by atoms with Crippen molar-refractivity contribution in [3.8, 4) is 5.75 Å². The SMILES string of the molecule is COc1cc(N)c(Cl)cc1C(=O)NCC1CCN(C(=O)OC(C)(C)C)CC1. The predicted octanol–water partition coefficient (Wildman–Crippen LogP) is 3.31. The van der Waals surface area contributed by atoms with Gasteiger partial charge < -0.3 is 25.4 Å². The number of benzene rings is 1. The zero-order valence-electron chi connectivity index (χ0n) is 16.3. The second-order valence-corrected chi connectivity index (χ2v) is 8.10. The molecule has 7 nitrogen and oxygen atoms in total. The molecule has 0 unspecified atom stereocenters. The van der Waals surface area contributed by atoms with E-state index in [2.05, 4.69) is 5.32 Å². The van der Waals surface area contributed by atoms with Crippen molar-refractivity contribution in [2.75, 3.05) is 32.5 Å². The minimum Gasteiger partial charge on any atom is -0.496 e. The summed E-state index contributed by atoms with van der Waals surface area (Å²) in [5.74, 6) is 0.417. The largest absolute Gasteiger partial charge is 0.496 e. The van der Waals surface area contributed by atoms with Gasteiger partial charge in [0.2, 0.25) is 0 Å². The van der Waals surface area contributed by atoms with Gasteiger partial charge in [0.25, 0.3) is 5.91 Å². The van der Waals surface area contributed by atoms with Crippen LogP contribution in [0.5, 0.6) is 5.75 Å². The molecule has 0 aliphatic carbocycles. The molecule has 8 heteroatoms. The van der Waals surface area contributed by atoms with E-state index in [1.165, 1.54) is 19.2 Å². The minimum absolute atomic E-state index is 0.261. The average Bonchev–Trinajstić information content (AvgIpc) is 2.60. The molecule has 1 aliphatic heterocycles. The first-order valence-corrected chi connectivity index (χ1v) is 9.37. The van der Waals surface area contributed by atoms with Crippen LogP contribution in [0.25, 0.3) is 0 Å². The topological polar surface area (TPSA) is 93.9 Å². The summed E-state index contributed by atoms with van der Waals surface area (Å²) >= 11 is 6.02. The molecule has 1 aromatic carbocycles. The Balaban J connectivity index is 1.86. The molecule has 1 heterocycles. The van der Waals surface area contributed by atoms with Gasteiger partial charge in [-0.25, -0.2) is 4.79 Å². The Labute approximate surface area is 165 Å². The van der Waals surface area contributed by atoms with Crippen LogP contribution in [-0.2, 0) is 4.74 Å². The number of piperidine rings is 1. The number of amides is 2. The van der Waals surface area contributed by atoms with Gasteiger partial charge in [0.15, 0.2) is 0 Å². The molecular weight excluding hydrogens is 370 g/mol. The molecule has 1 saturated heterocycles. The Morgan fingerprint density at radius 3 is 2.48 bits per heavy atom. The van der Waals surface area contributed by atoms with Crippen LogP contribution in [0.15, 0.2) is 12.1 Å². The summed E-state index contributed by atoms with van der Waals surface area (Å²) in [5, 5.41) is 3.23. The Bertz CT molecular complexity index is 695. The monoisotopic (exact) mass is 397 g/mol. The van der Waals surface area contributed by atoms with Crippen molar-refractivity contribution in [2.45, 2.75) is 39.2 Å². The van der Waals surface area contributed by atoms with Crippen molar-refractivity contribution in [2.24, 2.45) is 5.92 Å². The number of ether oxygens (including phenoxy) is 2. The highest BCUT2D eigenvalue weighted by Crippen LogP contribution is 2.29. The molecule has 27 heavy (non-hydrogen) atoms. The third kappa shape index (κ3) is 5.92. The first-order chi connectivity index (χ1) is 12.6. The molecule has 2 amide bonds. The molecule has 150 valence electrons. The number of anilines is 1. The van der Waals surface area contributed by atoms with Gasteiger partial charge in [-0.1, -0.05) is 11.6 Å². The van der Waals surface area contributed by atoms with Crippen LogP contribution >= 0.6 is 11.6 Å². The first-order valence-electron chi connectivity index (χ1n) is 9.00. The average molecular weight is 398 g/mol. The van der Waals surface area contributed by atoms with E-state index in [1.807, 2.05) is 20.8 Å². The number of carbonyl (C=O) groups is 2. The smallest absolute Gasteiger partial charge is 0.410 e. The molecule has 2 rings (SSSR count). The number of nitrogens with zero attached hydrogens (tertiary/aromatic N) is 1. The van der Waals surface area contributed by atoms with Crippen molar-refractivity contribution >= 4 is 29.3 Å². The second-order valence-electron chi connectivity index (χ2n) is 7.69. The summed E-state index contributed by atoms with van der Waals surface area (Å²) in [7, 11) is 1.48. The lowest BCUT2D eigenvalue weighted by atomic mass is 9.97. The molecular formula is C19H28ClN3O4. The molecule has 0 aromatic heterocycles. The number of hydrogen-bond donors (Lipinski definition) is 2. The third-order valence-electron chi connectivity index (χ3n) is 4.38. The summed E-state index contributed by atoms with van der Waals surface area (Å²) in [4.78, 5) is 26.3. The van der Waals surface area contributed by atoms with Crippen molar-refractivity contribution in [1.29, 1.82) is 0 Å². The normalized spacial score (nSPS) is 15.4. The number of hydrogen-bond acceptors (Lipinski definition) is 5. The van der Waals surface area contributed by atoms with Gasteiger partial charge in [-0.05, 0) is 45.6 Å².